The lowest BCUT2D eigenvalue weighted by molar-refractivity contribution is 0.341. The number of nitrogens with zero attached hydrogens (tertiary/aromatic N) is 2. The van der Waals surface area contributed by atoms with Crippen molar-refractivity contribution in [2.24, 2.45) is 0 Å². The van der Waals surface area contributed by atoms with Crippen LogP contribution < -0.4 is 14.4 Å². The summed E-state index contributed by atoms with van der Waals surface area (Å²) in [5.41, 5.74) is 3.78. The van der Waals surface area contributed by atoms with E-state index >= 15 is 0 Å². The third kappa shape index (κ3) is 2.80. The summed E-state index contributed by atoms with van der Waals surface area (Å²) in [4.78, 5) is 7.17. The molecule has 3 aromatic rings. The van der Waals surface area contributed by atoms with Gasteiger partial charge in [0, 0.05) is 13.1 Å². The summed E-state index contributed by atoms with van der Waals surface area (Å²) in [7, 11) is 1.72. The van der Waals surface area contributed by atoms with Crippen LogP contribution in [0.2, 0.25) is 0 Å². The molecule has 4 rings (SSSR count). The van der Waals surface area contributed by atoms with Gasteiger partial charge in [-0.2, -0.15) is 0 Å². The first kappa shape index (κ1) is 15.3. The molecule has 0 saturated carbocycles. The van der Waals surface area contributed by atoms with Gasteiger partial charge < -0.3 is 14.4 Å². The summed E-state index contributed by atoms with van der Waals surface area (Å²) in [6.07, 6.45) is 1.02. The number of benzene rings is 2. The van der Waals surface area contributed by atoms with Gasteiger partial charge in [-0.15, -0.1) is 0 Å². The van der Waals surface area contributed by atoms with E-state index in [4.69, 9.17) is 14.5 Å². The van der Waals surface area contributed by atoms with E-state index < -0.39 is 0 Å². The van der Waals surface area contributed by atoms with Gasteiger partial charge in [-0.1, -0.05) is 17.4 Å². The Morgan fingerprint density at radius 1 is 1.12 bits per heavy atom. The summed E-state index contributed by atoms with van der Waals surface area (Å²) < 4.78 is 12.1. The van der Waals surface area contributed by atoms with Gasteiger partial charge in [0.2, 0.25) is 0 Å². The number of ether oxygens (including phenoxy) is 2. The van der Waals surface area contributed by atoms with E-state index in [0.29, 0.717) is 6.61 Å². The van der Waals surface area contributed by atoms with Gasteiger partial charge in [0.1, 0.15) is 11.5 Å². The molecule has 24 heavy (non-hydrogen) atoms. The Morgan fingerprint density at radius 3 is 2.83 bits per heavy atom. The van der Waals surface area contributed by atoms with Crippen LogP contribution in [0.25, 0.3) is 10.2 Å². The monoisotopic (exact) mass is 340 g/mol. The van der Waals surface area contributed by atoms with Gasteiger partial charge >= 0.3 is 0 Å². The van der Waals surface area contributed by atoms with Crippen molar-refractivity contribution < 1.29 is 9.47 Å². The molecule has 1 aromatic heterocycles. The van der Waals surface area contributed by atoms with E-state index in [0.717, 1.165) is 41.7 Å². The first-order chi connectivity index (χ1) is 11.8. The number of fused-ring (bicyclic) bond motifs is 2. The van der Waals surface area contributed by atoms with Crippen LogP contribution in [0.1, 0.15) is 18.1 Å². The fourth-order valence-corrected chi connectivity index (χ4v) is 4.12. The highest BCUT2D eigenvalue weighted by Crippen LogP contribution is 2.34. The highest BCUT2D eigenvalue weighted by molar-refractivity contribution is 7.22. The standard InChI is InChI=1S/C19H20N2O2S/c1-3-23-16-6-7-17-18(11-16)24-19(20-17)21-9-8-13-10-15(22-2)5-4-14(13)12-21/h4-7,10-11H,3,8-9,12H2,1-2H3. The van der Waals surface area contributed by atoms with Crippen LogP contribution >= 0.6 is 11.3 Å². The molecule has 5 heteroatoms. The van der Waals surface area contributed by atoms with Crippen LogP contribution in [0.3, 0.4) is 0 Å². The molecule has 0 radical (unpaired) electrons. The Hall–Kier alpha value is -2.27. The average Bonchev–Trinajstić information content (AvgIpc) is 3.04. The molecule has 0 fully saturated rings. The van der Waals surface area contributed by atoms with Gasteiger partial charge in [0.25, 0.3) is 0 Å². The molecule has 0 unspecified atom stereocenters. The van der Waals surface area contributed by atoms with Crippen molar-refractivity contribution in [1.29, 1.82) is 0 Å². The van der Waals surface area contributed by atoms with Crippen molar-refractivity contribution in [3.63, 3.8) is 0 Å². The SMILES string of the molecule is CCOc1ccc2nc(N3CCc4cc(OC)ccc4C3)sc2c1. The van der Waals surface area contributed by atoms with E-state index in [1.54, 1.807) is 18.4 Å². The van der Waals surface area contributed by atoms with Crippen LogP contribution in [0.15, 0.2) is 36.4 Å². The highest BCUT2D eigenvalue weighted by atomic mass is 32.1. The number of methoxy groups -OCH3 is 1. The average molecular weight is 340 g/mol. The molecule has 1 aliphatic heterocycles. The molecule has 2 aromatic carbocycles. The van der Waals surface area contributed by atoms with Crippen LogP contribution in [0, 0.1) is 0 Å². The maximum Gasteiger partial charge on any atom is 0.186 e. The molecule has 0 aliphatic carbocycles. The third-order valence-electron chi connectivity index (χ3n) is 4.36. The minimum absolute atomic E-state index is 0.684. The van der Waals surface area contributed by atoms with Crippen LogP contribution in [-0.4, -0.2) is 25.2 Å². The summed E-state index contributed by atoms with van der Waals surface area (Å²) in [5, 5.41) is 1.08. The normalized spacial score (nSPS) is 13.8. The minimum Gasteiger partial charge on any atom is -0.497 e. The first-order valence-electron chi connectivity index (χ1n) is 8.21. The Balaban J connectivity index is 1.61. The maximum absolute atomic E-state index is 5.59. The molecule has 2 heterocycles. The van der Waals surface area contributed by atoms with E-state index in [1.165, 1.54) is 15.8 Å². The summed E-state index contributed by atoms with van der Waals surface area (Å²) in [6, 6.07) is 12.5. The molecule has 0 bridgehead atoms. The Bertz CT molecular complexity index is 875. The molecule has 1 aliphatic rings. The molecule has 0 N–H and O–H groups in total. The minimum atomic E-state index is 0.684. The molecule has 0 atom stereocenters. The van der Waals surface area contributed by atoms with Crippen molar-refractivity contribution in [3.05, 3.63) is 47.5 Å². The molecule has 4 nitrogen and oxygen atoms in total. The number of hydrogen-bond donors (Lipinski definition) is 0. The van der Waals surface area contributed by atoms with Crippen molar-refractivity contribution in [2.75, 3.05) is 25.2 Å². The maximum atomic E-state index is 5.59. The molecular weight excluding hydrogens is 320 g/mol. The molecule has 0 amide bonds. The summed E-state index contributed by atoms with van der Waals surface area (Å²) in [5.74, 6) is 1.85. The predicted octanol–water partition coefficient (Wildman–Crippen LogP) is 4.27. The van der Waals surface area contributed by atoms with Crippen LogP contribution in [-0.2, 0) is 13.0 Å². The molecular formula is C19H20N2O2S. The van der Waals surface area contributed by atoms with Gasteiger partial charge in [0.15, 0.2) is 5.13 Å². The van der Waals surface area contributed by atoms with Gasteiger partial charge in [-0.25, -0.2) is 4.98 Å². The van der Waals surface area contributed by atoms with E-state index in [2.05, 4.69) is 23.1 Å². The predicted molar refractivity (Wildman–Crippen MR) is 98.5 cm³/mol. The number of anilines is 1. The second-order valence-corrected chi connectivity index (χ2v) is 6.87. The summed E-state index contributed by atoms with van der Waals surface area (Å²) >= 11 is 1.74. The van der Waals surface area contributed by atoms with Crippen molar-refractivity contribution in [3.8, 4) is 11.5 Å². The molecule has 124 valence electrons. The topological polar surface area (TPSA) is 34.6 Å². The lowest BCUT2D eigenvalue weighted by Gasteiger charge is -2.28. The van der Waals surface area contributed by atoms with Gasteiger partial charge in [-0.05, 0) is 54.8 Å². The molecule has 0 saturated heterocycles. The lowest BCUT2D eigenvalue weighted by atomic mass is 10.00. The largest absolute Gasteiger partial charge is 0.497 e. The zero-order chi connectivity index (χ0) is 16.5. The van der Waals surface area contributed by atoms with E-state index in [-0.39, 0.29) is 0 Å². The fourth-order valence-electron chi connectivity index (χ4n) is 3.10. The van der Waals surface area contributed by atoms with Crippen molar-refractivity contribution >= 4 is 26.7 Å². The quantitative estimate of drug-likeness (QED) is 0.710. The summed E-state index contributed by atoms with van der Waals surface area (Å²) in [6.45, 7) is 4.57. The Labute approximate surface area is 145 Å². The fraction of sp³-hybridized carbons (Fsp3) is 0.316. The zero-order valence-corrected chi connectivity index (χ0v) is 14.7. The van der Waals surface area contributed by atoms with Crippen molar-refractivity contribution in [2.45, 2.75) is 19.9 Å². The first-order valence-corrected chi connectivity index (χ1v) is 9.02. The lowest BCUT2D eigenvalue weighted by Crippen LogP contribution is -2.30. The zero-order valence-electron chi connectivity index (χ0n) is 13.9. The highest BCUT2D eigenvalue weighted by Gasteiger charge is 2.20. The Kier molecular flexibility index (Phi) is 4.02. The van der Waals surface area contributed by atoms with Crippen LogP contribution in [0.4, 0.5) is 5.13 Å². The van der Waals surface area contributed by atoms with Crippen molar-refractivity contribution in [1.82, 2.24) is 4.98 Å². The number of hydrogen-bond acceptors (Lipinski definition) is 5. The second-order valence-electron chi connectivity index (χ2n) is 5.87. The van der Waals surface area contributed by atoms with Crippen LogP contribution in [0.5, 0.6) is 11.5 Å². The number of rotatable bonds is 4. The number of thiazole rings is 1. The smallest absolute Gasteiger partial charge is 0.186 e. The van der Waals surface area contributed by atoms with E-state index in [9.17, 15) is 0 Å². The van der Waals surface area contributed by atoms with Gasteiger partial charge in [0.05, 0.1) is 23.9 Å². The second kappa shape index (κ2) is 6.32. The van der Waals surface area contributed by atoms with E-state index in [1.807, 2.05) is 25.1 Å². The van der Waals surface area contributed by atoms with Gasteiger partial charge in [-0.3, -0.25) is 0 Å². The number of aromatic nitrogens is 1. The Morgan fingerprint density at radius 2 is 2.00 bits per heavy atom. The molecule has 0 spiro atoms. The third-order valence-corrected chi connectivity index (χ3v) is 5.43.